The third-order valence-electron chi connectivity index (χ3n) is 11.4. The molecule has 3 fully saturated rings. The minimum atomic E-state index is -0.251. The van der Waals surface area contributed by atoms with Crippen LogP contribution in [0.1, 0.15) is 80.1 Å². The number of carbonyl (C=O) groups is 2. The Bertz CT molecular complexity index is 1890. The third-order valence-corrected chi connectivity index (χ3v) is 11.4. The summed E-state index contributed by atoms with van der Waals surface area (Å²) in [4.78, 5) is 29.3. The first kappa shape index (κ1) is 31.5. The number of piperidine rings is 2. The lowest BCUT2D eigenvalue weighted by molar-refractivity contribution is -0.134. The van der Waals surface area contributed by atoms with E-state index in [4.69, 9.17) is 10.8 Å². The van der Waals surface area contributed by atoms with Crippen molar-refractivity contribution in [1.82, 2.24) is 30.2 Å². The highest BCUT2D eigenvalue weighted by Crippen LogP contribution is 2.43. The second-order valence-electron chi connectivity index (χ2n) is 14.2. The molecule has 0 bridgehead atoms. The lowest BCUT2D eigenvalue weighted by atomic mass is 9.79. The van der Waals surface area contributed by atoms with Crippen LogP contribution in [0, 0.1) is 6.92 Å². The fourth-order valence-electron chi connectivity index (χ4n) is 8.81. The van der Waals surface area contributed by atoms with Crippen molar-refractivity contribution in [2.24, 2.45) is 0 Å². The van der Waals surface area contributed by atoms with Crippen LogP contribution in [0.15, 0.2) is 54.7 Å². The molecule has 2 saturated heterocycles. The highest BCUT2D eigenvalue weighted by molar-refractivity contribution is 6.02. The number of para-hydroxylation sites is 1. The van der Waals surface area contributed by atoms with E-state index in [-0.39, 0.29) is 23.6 Å². The number of phenols is 1. The predicted molar refractivity (Wildman–Crippen MR) is 188 cm³/mol. The lowest BCUT2D eigenvalue weighted by Gasteiger charge is -2.41. The molecule has 254 valence electrons. The van der Waals surface area contributed by atoms with Crippen LogP contribution in [-0.4, -0.2) is 73.5 Å². The van der Waals surface area contributed by atoms with E-state index in [0.29, 0.717) is 47.9 Å². The number of hydrogen-bond acceptors (Lipinski definition) is 9. The number of nitrogens with zero attached hydrogens (tertiary/aromatic N) is 6. The van der Waals surface area contributed by atoms with Crippen molar-refractivity contribution >= 4 is 23.3 Å². The number of benzene rings is 2. The second-order valence-corrected chi connectivity index (χ2v) is 14.2. The van der Waals surface area contributed by atoms with E-state index in [9.17, 15) is 14.7 Å². The number of rotatable bonds is 6. The average molecular weight is 661 g/mol. The number of amides is 2. The van der Waals surface area contributed by atoms with Gasteiger partial charge in [0, 0.05) is 60.7 Å². The van der Waals surface area contributed by atoms with Crippen LogP contribution in [0.2, 0.25) is 0 Å². The Morgan fingerprint density at radius 1 is 0.837 bits per heavy atom. The summed E-state index contributed by atoms with van der Waals surface area (Å²) < 4.78 is 2.12. The van der Waals surface area contributed by atoms with Crippen molar-refractivity contribution < 1.29 is 14.7 Å². The third kappa shape index (κ3) is 5.94. The molecule has 2 amide bonds. The van der Waals surface area contributed by atoms with Gasteiger partial charge in [0.15, 0.2) is 5.82 Å². The Morgan fingerprint density at radius 3 is 2.41 bits per heavy atom. The maximum Gasteiger partial charge on any atom is 0.249 e. The molecule has 2 aromatic carbocycles. The van der Waals surface area contributed by atoms with Crippen molar-refractivity contribution in [3.05, 3.63) is 71.5 Å². The van der Waals surface area contributed by atoms with Crippen molar-refractivity contribution in [2.75, 3.05) is 30.3 Å². The van der Waals surface area contributed by atoms with Gasteiger partial charge >= 0.3 is 0 Å². The summed E-state index contributed by atoms with van der Waals surface area (Å²) in [6.45, 7) is 4.97. The van der Waals surface area contributed by atoms with Gasteiger partial charge in [-0.05, 0) is 99.6 Å². The summed E-state index contributed by atoms with van der Waals surface area (Å²) in [6, 6.07) is 16.3. The zero-order chi connectivity index (χ0) is 33.6. The largest absolute Gasteiger partial charge is 0.507 e. The predicted octanol–water partition coefficient (Wildman–Crippen LogP) is 5.13. The first-order valence-electron chi connectivity index (χ1n) is 17.8. The number of anilines is 2. The number of aromatic nitrogens is 4. The summed E-state index contributed by atoms with van der Waals surface area (Å²) in [5.74, 6) is 0.738. The molecule has 11 nitrogen and oxygen atoms in total. The van der Waals surface area contributed by atoms with E-state index in [1.165, 1.54) is 42.5 Å². The number of carbonyl (C=O) groups excluding carboxylic acids is 2. The van der Waals surface area contributed by atoms with Crippen LogP contribution in [0.25, 0.3) is 22.4 Å². The van der Waals surface area contributed by atoms with Gasteiger partial charge in [0.2, 0.25) is 11.8 Å². The second kappa shape index (κ2) is 12.9. The zero-order valence-corrected chi connectivity index (χ0v) is 28.0. The molecule has 49 heavy (non-hydrogen) atoms. The van der Waals surface area contributed by atoms with Gasteiger partial charge in [0.25, 0.3) is 0 Å². The van der Waals surface area contributed by atoms with Gasteiger partial charge in [-0.15, -0.1) is 10.2 Å². The average Bonchev–Trinajstić information content (AvgIpc) is 3.73. The lowest BCUT2D eigenvalue weighted by Crippen LogP contribution is -2.52. The van der Waals surface area contributed by atoms with Gasteiger partial charge in [-0.2, -0.15) is 5.10 Å². The molecule has 4 N–H and O–H groups in total. The Morgan fingerprint density at radius 2 is 1.63 bits per heavy atom. The zero-order valence-electron chi connectivity index (χ0n) is 28.0. The fourth-order valence-corrected chi connectivity index (χ4v) is 8.81. The number of imide groups is 1. The minimum absolute atomic E-state index is 0.155. The number of aromatic hydroxyl groups is 1. The van der Waals surface area contributed by atoms with Crippen molar-refractivity contribution in [3.63, 3.8) is 0 Å². The number of nitrogens with two attached hydrogens (primary N) is 1. The van der Waals surface area contributed by atoms with Gasteiger partial charge in [-0.25, -0.2) is 0 Å². The number of hydrogen-bond donors (Lipinski definition) is 3. The van der Waals surface area contributed by atoms with Crippen molar-refractivity contribution in [2.45, 2.75) is 88.8 Å². The number of likely N-dealkylation sites (tertiary alicyclic amines) is 1. The summed E-state index contributed by atoms with van der Waals surface area (Å²) in [5, 5.41) is 26.3. The monoisotopic (exact) mass is 660 g/mol. The number of aryl methyl sites for hydroxylation is 1. The van der Waals surface area contributed by atoms with Crippen LogP contribution < -0.4 is 16.0 Å². The maximum absolute atomic E-state index is 12.6. The molecule has 5 heterocycles. The molecule has 0 unspecified atom stereocenters. The van der Waals surface area contributed by atoms with Crippen LogP contribution in [0.5, 0.6) is 5.75 Å². The molecule has 4 aliphatic rings. The molecule has 3 aliphatic heterocycles. The van der Waals surface area contributed by atoms with E-state index in [1.807, 2.05) is 25.1 Å². The summed E-state index contributed by atoms with van der Waals surface area (Å²) >= 11 is 0. The molecular weight excluding hydrogens is 616 g/mol. The molecule has 4 aromatic rings. The number of nitrogens with one attached hydrogen (secondary N) is 1. The molecule has 0 radical (unpaired) electrons. The first-order valence-corrected chi connectivity index (χ1v) is 17.8. The van der Waals surface area contributed by atoms with E-state index >= 15 is 0 Å². The SMILES string of the molecule is Cc1nn(C2CCN([C@H]3CC[C@H](c4cccc5c4CCN5[C@H]4CCC(=O)NC4=O)CC3)CC2)cc1-c1cc(-c2ccccc2O)nnc1N. The quantitative estimate of drug-likeness (QED) is 0.240. The van der Waals surface area contributed by atoms with E-state index in [1.54, 1.807) is 12.1 Å². The van der Waals surface area contributed by atoms with Gasteiger partial charge in [-0.3, -0.25) is 19.6 Å². The molecular formula is C38H44N8O3. The smallest absolute Gasteiger partial charge is 0.249 e. The number of nitrogen functional groups attached to an aromatic ring is 1. The van der Waals surface area contributed by atoms with Crippen LogP contribution in [0.4, 0.5) is 11.5 Å². The Kier molecular flexibility index (Phi) is 8.31. The Hall–Kier alpha value is -4.77. The summed E-state index contributed by atoms with van der Waals surface area (Å²) in [7, 11) is 0. The normalized spacial score (nSPS) is 23.4. The minimum Gasteiger partial charge on any atom is -0.507 e. The Labute approximate surface area is 286 Å². The molecule has 2 aromatic heterocycles. The molecule has 1 saturated carbocycles. The van der Waals surface area contributed by atoms with Crippen LogP contribution in [-0.2, 0) is 16.0 Å². The van der Waals surface area contributed by atoms with E-state index < -0.39 is 0 Å². The summed E-state index contributed by atoms with van der Waals surface area (Å²) in [5.41, 5.74) is 14.2. The number of fused-ring (bicyclic) bond motifs is 1. The Balaban J connectivity index is 0.891. The molecule has 0 spiro atoms. The van der Waals surface area contributed by atoms with E-state index in [2.05, 4.69) is 54.4 Å². The highest BCUT2D eigenvalue weighted by atomic mass is 16.3. The van der Waals surface area contributed by atoms with Gasteiger partial charge in [0.05, 0.1) is 17.4 Å². The molecule has 1 atom stereocenters. The molecule has 11 heteroatoms. The topological polar surface area (TPSA) is 142 Å². The van der Waals surface area contributed by atoms with E-state index in [0.717, 1.165) is 55.7 Å². The highest BCUT2D eigenvalue weighted by Gasteiger charge is 2.37. The van der Waals surface area contributed by atoms with Gasteiger partial charge in [0.1, 0.15) is 11.8 Å². The van der Waals surface area contributed by atoms with Gasteiger partial charge in [-0.1, -0.05) is 24.3 Å². The molecule has 8 rings (SSSR count). The number of phenolic OH excluding ortho intramolecular Hbond substituents is 1. The summed E-state index contributed by atoms with van der Waals surface area (Å²) in [6.07, 6.45) is 10.9. The van der Waals surface area contributed by atoms with Crippen LogP contribution >= 0.6 is 0 Å². The van der Waals surface area contributed by atoms with Crippen molar-refractivity contribution in [1.29, 1.82) is 0 Å². The van der Waals surface area contributed by atoms with Crippen LogP contribution in [0.3, 0.4) is 0 Å². The van der Waals surface area contributed by atoms with Gasteiger partial charge < -0.3 is 20.6 Å². The maximum atomic E-state index is 12.6. The fraction of sp³-hybridized carbons (Fsp3) is 0.447. The van der Waals surface area contributed by atoms with Crippen molar-refractivity contribution in [3.8, 4) is 28.1 Å². The standard InChI is InChI=1S/C38H44N8O3/c1-23-31(30-21-32(41-42-37(30)39)29-5-2-3-8-35(29)47)22-46(43-23)26-15-18-44(19-16-26)25-11-9-24(10-12-25)27-6-4-7-33-28(27)17-20-45(33)34-13-14-36(48)40-38(34)49/h2-8,21-22,24-26,34,47H,9-20H2,1H3,(H2,39,42)(H,40,48,49)/t24-,25-,34-/m0/s1. The first-order chi connectivity index (χ1) is 23.8. The molecule has 1 aliphatic carbocycles.